The van der Waals surface area contributed by atoms with Crippen molar-refractivity contribution in [2.24, 2.45) is 11.3 Å². The SMILES string of the molecule is CNC(c1cc(Br)sc1Br)C1(CC(C)C)CCCC1. The van der Waals surface area contributed by atoms with Crippen molar-refractivity contribution in [3.8, 4) is 0 Å². The van der Waals surface area contributed by atoms with Gasteiger partial charge >= 0.3 is 0 Å². The Hall–Kier alpha value is 0.620. The molecule has 0 aromatic carbocycles. The van der Waals surface area contributed by atoms with Crippen LogP contribution in [0.3, 0.4) is 0 Å². The van der Waals surface area contributed by atoms with Crippen LogP contribution in [-0.2, 0) is 0 Å². The average Bonchev–Trinajstić information content (AvgIpc) is 2.88. The summed E-state index contributed by atoms with van der Waals surface area (Å²) in [5.41, 5.74) is 1.87. The van der Waals surface area contributed by atoms with Crippen molar-refractivity contribution in [3.63, 3.8) is 0 Å². The van der Waals surface area contributed by atoms with Crippen LogP contribution in [0.1, 0.15) is 57.6 Å². The number of nitrogens with one attached hydrogen (secondary N) is 1. The van der Waals surface area contributed by atoms with Crippen molar-refractivity contribution < 1.29 is 0 Å². The van der Waals surface area contributed by atoms with E-state index in [1.807, 2.05) is 0 Å². The van der Waals surface area contributed by atoms with Crippen LogP contribution in [0.25, 0.3) is 0 Å². The number of thiophene rings is 1. The van der Waals surface area contributed by atoms with Gasteiger partial charge in [0.15, 0.2) is 0 Å². The number of halogens is 2. The lowest BCUT2D eigenvalue weighted by Gasteiger charge is -2.39. The maximum Gasteiger partial charge on any atom is 0.0758 e. The molecule has 1 aromatic rings. The van der Waals surface area contributed by atoms with E-state index in [4.69, 9.17) is 0 Å². The van der Waals surface area contributed by atoms with E-state index in [2.05, 4.69) is 64.1 Å². The third-order valence-electron chi connectivity index (χ3n) is 4.31. The molecule has 108 valence electrons. The smallest absolute Gasteiger partial charge is 0.0758 e. The van der Waals surface area contributed by atoms with Gasteiger partial charge in [0.2, 0.25) is 0 Å². The minimum Gasteiger partial charge on any atom is -0.312 e. The van der Waals surface area contributed by atoms with E-state index in [0.717, 1.165) is 5.92 Å². The highest BCUT2D eigenvalue weighted by Gasteiger charge is 2.42. The molecule has 1 aliphatic rings. The van der Waals surface area contributed by atoms with E-state index in [0.29, 0.717) is 11.5 Å². The molecule has 1 heterocycles. The third kappa shape index (κ3) is 3.45. The molecule has 1 aromatic heterocycles. The molecule has 0 amide bonds. The Bertz CT molecular complexity index is 422. The van der Waals surface area contributed by atoms with Crippen molar-refractivity contribution in [1.29, 1.82) is 0 Å². The van der Waals surface area contributed by atoms with Gasteiger partial charge in [-0.25, -0.2) is 0 Å². The Morgan fingerprint density at radius 3 is 2.37 bits per heavy atom. The first-order valence-electron chi connectivity index (χ1n) is 7.10. The molecule has 1 N–H and O–H groups in total. The van der Waals surface area contributed by atoms with Crippen LogP contribution in [0.5, 0.6) is 0 Å². The van der Waals surface area contributed by atoms with Crippen molar-refractivity contribution in [2.75, 3.05) is 7.05 Å². The van der Waals surface area contributed by atoms with Gasteiger partial charge in [-0.15, -0.1) is 11.3 Å². The third-order valence-corrected chi connectivity index (χ3v) is 6.69. The normalized spacial score (nSPS) is 20.1. The number of hydrogen-bond acceptors (Lipinski definition) is 2. The van der Waals surface area contributed by atoms with Crippen molar-refractivity contribution >= 4 is 43.2 Å². The van der Waals surface area contributed by atoms with Gasteiger partial charge in [0.1, 0.15) is 0 Å². The van der Waals surface area contributed by atoms with E-state index < -0.39 is 0 Å². The van der Waals surface area contributed by atoms with Crippen LogP contribution in [0, 0.1) is 11.3 Å². The van der Waals surface area contributed by atoms with Crippen LogP contribution in [0.15, 0.2) is 13.6 Å². The summed E-state index contributed by atoms with van der Waals surface area (Å²) < 4.78 is 2.49. The van der Waals surface area contributed by atoms with E-state index in [-0.39, 0.29) is 0 Å². The van der Waals surface area contributed by atoms with Gasteiger partial charge in [0.05, 0.1) is 7.57 Å². The molecule has 0 radical (unpaired) electrons. The minimum atomic E-state index is 0.436. The summed E-state index contributed by atoms with van der Waals surface area (Å²) in [5.74, 6) is 0.759. The van der Waals surface area contributed by atoms with Gasteiger partial charge < -0.3 is 5.32 Å². The summed E-state index contributed by atoms with van der Waals surface area (Å²) in [7, 11) is 2.11. The Morgan fingerprint density at radius 1 is 1.32 bits per heavy atom. The number of hydrogen-bond donors (Lipinski definition) is 1. The standard InChI is InChI=1S/C15H23Br2NS/c1-10(2)9-15(6-4-5-7-15)13(18-3)11-8-12(16)19-14(11)17/h8,10,13,18H,4-7,9H2,1-3H3. The maximum atomic E-state index is 3.74. The van der Waals surface area contributed by atoms with Gasteiger partial charge in [0, 0.05) is 6.04 Å². The lowest BCUT2D eigenvalue weighted by Crippen LogP contribution is -2.35. The first-order valence-corrected chi connectivity index (χ1v) is 9.51. The Kier molecular flexibility index (Phi) is 5.55. The summed E-state index contributed by atoms with van der Waals surface area (Å²) in [6, 6.07) is 2.75. The first-order chi connectivity index (χ1) is 8.98. The molecule has 1 nitrogen and oxygen atoms in total. The zero-order valence-electron chi connectivity index (χ0n) is 11.9. The van der Waals surface area contributed by atoms with Gasteiger partial charge in [-0.2, -0.15) is 0 Å². The Balaban J connectivity index is 2.35. The van der Waals surface area contributed by atoms with Gasteiger partial charge in [-0.3, -0.25) is 0 Å². The zero-order chi connectivity index (χ0) is 14.0. The second kappa shape index (κ2) is 6.59. The predicted octanol–water partition coefficient (Wildman–Crippen LogP) is 6.14. The van der Waals surface area contributed by atoms with E-state index in [1.54, 1.807) is 11.3 Å². The van der Waals surface area contributed by atoms with E-state index in [1.165, 1.54) is 45.2 Å². The van der Waals surface area contributed by atoms with Gasteiger partial charge in [-0.1, -0.05) is 26.7 Å². The summed E-state index contributed by atoms with van der Waals surface area (Å²) in [4.78, 5) is 0. The molecule has 0 saturated heterocycles. The van der Waals surface area contributed by atoms with E-state index >= 15 is 0 Å². The Morgan fingerprint density at radius 2 is 1.95 bits per heavy atom. The lowest BCUT2D eigenvalue weighted by atomic mass is 9.71. The molecule has 1 unspecified atom stereocenters. The van der Waals surface area contributed by atoms with Gasteiger partial charge in [-0.05, 0) is 81.1 Å². The first kappa shape index (κ1) is 16.0. The molecule has 0 aliphatic heterocycles. The fourth-order valence-electron chi connectivity index (χ4n) is 3.84. The second-order valence-electron chi connectivity index (χ2n) is 6.17. The van der Waals surface area contributed by atoms with E-state index in [9.17, 15) is 0 Å². The molecule has 0 bridgehead atoms. The minimum absolute atomic E-state index is 0.436. The molecular weight excluding hydrogens is 386 g/mol. The highest BCUT2D eigenvalue weighted by molar-refractivity contribution is 9.12. The highest BCUT2D eigenvalue weighted by atomic mass is 79.9. The fourth-order valence-corrected chi connectivity index (χ4v) is 6.75. The molecule has 4 heteroatoms. The highest BCUT2D eigenvalue weighted by Crippen LogP contribution is 2.53. The second-order valence-corrected chi connectivity index (χ2v) is 9.92. The molecule has 2 rings (SSSR count). The van der Waals surface area contributed by atoms with Crippen LogP contribution in [0.4, 0.5) is 0 Å². The average molecular weight is 409 g/mol. The van der Waals surface area contributed by atoms with Crippen LogP contribution < -0.4 is 5.32 Å². The lowest BCUT2D eigenvalue weighted by molar-refractivity contribution is 0.161. The topological polar surface area (TPSA) is 12.0 Å². The summed E-state index contributed by atoms with van der Waals surface area (Å²) in [6.45, 7) is 4.71. The number of rotatable bonds is 5. The maximum absolute atomic E-state index is 3.74. The van der Waals surface area contributed by atoms with Crippen LogP contribution in [-0.4, -0.2) is 7.05 Å². The molecule has 1 saturated carbocycles. The van der Waals surface area contributed by atoms with Crippen LogP contribution >= 0.6 is 43.2 Å². The monoisotopic (exact) mass is 407 g/mol. The van der Waals surface area contributed by atoms with Crippen LogP contribution in [0.2, 0.25) is 0 Å². The predicted molar refractivity (Wildman–Crippen MR) is 91.9 cm³/mol. The molecular formula is C15H23Br2NS. The van der Waals surface area contributed by atoms with Crippen molar-refractivity contribution in [1.82, 2.24) is 5.32 Å². The summed E-state index contributed by atoms with van der Waals surface area (Å²) >= 11 is 9.15. The Labute approximate surface area is 137 Å². The fraction of sp³-hybridized carbons (Fsp3) is 0.733. The van der Waals surface area contributed by atoms with Gasteiger partial charge in [0.25, 0.3) is 0 Å². The molecule has 1 atom stereocenters. The quantitative estimate of drug-likeness (QED) is 0.616. The summed E-state index contributed by atoms with van der Waals surface area (Å²) in [6.07, 6.45) is 6.80. The molecule has 1 fully saturated rings. The zero-order valence-corrected chi connectivity index (χ0v) is 15.9. The van der Waals surface area contributed by atoms with Crippen molar-refractivity contribution in [2.45, 2.75) is 52.0 Å². The molecule has 1 aliphatic carbocycles. The summed E-state index contributed by atoms with van der Waals surface area (Å²) in [5, 5.41) is 3.62. The molecule has 0 spiro atoms. The largest absolute Gasteiger partial charge is 0.312 e. The molecule has 19 heavy (non-hydrogen) atoms. The van der Waals surface area contributed by atoms with Crippen molar-refractivity contribution in [3.05, 3.63) is 19.2 Å².